The Hall–Kier alpha value is -1.00. The molecule has 1 aliphatic rings. The Morgan fingerprint density at radius 3 is 2.65 bits per heavy atom. The Balaban J connectivity index is 2.67. The molecule has 0 spiro atoms. The second-order valence-electron chi connectivity index (χ2n) is 4.43. The molecule has 0 bridgehead atoms. The van der Waals surface area contributed by atoms with Gasteiger partial charge < -0.3 is 4.90 Å². The number of hydrogen-bond acceptors (Lipinski definition) is 1. The van der Waals surface area contributed by atoms with Gasteiger partial charge in [-0.1, -0.05) is 13.0 Å². The fourth-order valence-electron chi connectivity index (χ4n) is 2.07. The van der Waals surface area contributed by atoms with Gasteiger partial charge in [-0.05, 0) is 26.2 Å². The minimum Gasteiger partial charge on any atom is -0.338 e. The van der Waals surface area contributed by atoms with Crippen molar-refractivity contribution < 1.29 is 18.0 Å². The van der Waals surface area contributed by atoms with Gasteiger partial charge in [-0.25, -0.2) is 0 Å². The summed E-state index contributed by atoms with van der Waals surface area (Å²) >= 11 is 0. The first-order valence-electron chi connectivity index (χ1n) is 5.89. The quantitative estimate of drug-likeness (QED) is 0.688. The van der Waals surface area contributed by atoms with E-state index in [2.05, 4.69) is 0 Å². The van der Waals surface area contributed by atoms with Crippen LogP contribution in [0.1, 0.15) is 33.1 Å². The number of amides is 1. The van der Waals surface area contributed by atoms with E-state index >= 15 is 0 Å². The van der Waals surface area contributed by atoms with E-state index < -0.39 is 12.1 Å². The van der Waals surface area contributed by atoms with Crippen molar-refractivity contribution in [1.29, 1.82) is 0 Å². The van der Waals surface area contributed by atoms with E-state index in [9.17, 15) is 18.0 Å². The summed E-state index contributed by atoms with van der Waals surface area (Å²) in [6, 6.07) is 0. The number of rotatable bonds is 2. The lowest BCUT2D eigenvalue weighted by Crippen LogP contribution is -2.44. The molecular formula is C12H18F3NO. The van der Waals surface area contributed by atoms with Crippen LogP contribution in [0.15, 0.2) is 11.6 Å². The highest BCUT2D eigenvalue weighted by molar-refractivity contribution is 5.92. The van der Waals surface area contributed by atoms with Crippen LogP contribution in [0.3, 0.4) is 0 Å². The van der Waals surface area contributed by atoms with Gasteiger partial charge in [-0.3, -0.25) is 4.79 Å². The number of alkyl halides is 3. The minimum absolute atomic E-state index is 0.129. The van der Waals surface area contributed by atoms with Crippen LogP contribution >= 0.6 is 0 Å². The van der Waals surface area contributed by atoms with E-state index in [-0.39, 0.29) is 18.9 Å². The lowest BCUT2D eigenvalue weighted by Gasteiger charge is -2.34. The fraction of sp³-hybridized carbons (Fsp3) is 0.750. The molecular weight excluding hydrogens is 231 g/mol. The van der Waals surface area contributed by atoms with Crippen molar-refractivity contribution in [3.8, 4) is 0 Å². The Labute approximate surface area is 99.5 Å². The zero-order valence-corrected chi connectivity index (χ0v) is 10.2. The number of carbonyl (C=O) groups is 1. The van der Waals surface area contributed by atoms with Crippen molar-refractivity contribution in [2.24, 2.45) is 5.92 Å². The van der Waals surface area contributed by atoms with Gasteiger partial charge in [-0.2, -0.15) is 13.2 Å². The molecule has 0 radical (unpaired) electrons. The van der Waals surface area contributed by atoms with Crippen molar-refractivity contribution in [3.63, 3.8) is 0 Å². The molecule has 2 nitrogen and oxygen atoms in total. The molecule has 98 valence electrons. The highest BCUT2D eigenvalue weighted by Crippen LogP contribution is 2.33. The first kappa shape index (κ1) is 14.1. The number of halogens is 3. The number of carbonyl (C=O) groups excluding carboxylic acids is 1. The van der Waals surface area contributed by atoms with E-state index in [0.29, 0.717) is 25.0 Å². The fourth-order valence-corrected chi connectivity index (χ4v) is 2.07. The molecule has 0 N–H and O–H groups in total. The third kappa shape index (κ3) is 3.75. The topological polar surface area (TPSA) is 20.3 Å². The molecule has 1 amide bonds. The van der Waals surface area contributed by atoms with Gasteiger partial charge in [-0.15, -0.1) is 0 Å². The van der Waals surface area contributed by atoms with Gasteiger partial charge in [0.05, 0.1) is 5.92 Å². The summed E-state index contributed by atoms with van der Waals surface area (Å²) in [4.78, 5) is 13.2. The molecule has 1 unspecified atom stereocenters. The predicted molar refractivity (Wildman–Crippen MR) is 59.4 cm³/mol. The van der Waals surface area contributed by atoms with E-state index in [4.69, 9.17) is 0 Å². The lowest BCUT2D eigenvalue weighted by atomic mass is 9.97. The van der Waals surface area contributed by atoms with Gasteiger partial charge in [0.15, 0.2) is 0 Å². The second kappa shape index (κ2) is 5.56. The first-order valence-corrected chi connectivity index (χ1v) is 5.89. The summed E-state index contributed by atoms with van der Waals surface area (Å²) < 4.78 is 37.7. The molecule has 5 heteroatoms. The van der Waals surface area contributed by atoms with E-state index in [1.165, 1.54) is 4.90 Å². The molecule has 17 heavy (non-hydrogen) atoms. The van der Waals surface area contributed by atoms with Crippen LogP contribution in [0.25, 0.3) is 0 Å². The Kier molecular flexibility index (Phi) is 4.60. The maximum atomic E-state index is 12.6. The van der Waals surface area contributed by atoms with Crippen molar-refractivity contribution in [2.75, 3.05) is 13.1 Å². The summed E-state index contributed by atoms with van der Waals surface area (Å²) in [5, 5.41) is 0. The average Bonchev–Trinajstić information content (AvgIpc) is 2.27. The third-order valence-corrected chi connectivity index (χ3v) is 3.02. The molecule has 0 aliphatic carbocycles. The number of nitrogens with zero attached hydrogens (tertiary/aromatic N) is 1. The number of allylic oxidation sites excluding steroid dienone is 1. The van der Waals surface area contributed by atoms with Gasteiger partial charge in [0.1, 0.15) is 0 Å². The van der Waals surface area contributed by atoms with Crippen LogP contribution in [-0.4, -0.2) is 30.1 Å². The van der Waals surface area contributed by atoms with Crippen LogP contribution in [0.2, 0.25) is 0 Å². The molecule has 1 heterocycles. The van der Waals surface area contributed by atoms with Gasteiger partial charge in [0.25, 0.3) is 0 Å². The SMILES string of the molecule is CCC=C(C)C(=O)N1CCCC(C(F)(F)F)C1. The Morgan fingerprint density at radius 1 is 1.47 bits per heavy atom. The molecule has 1 saturated heterocycles. The van der Waals surface area contributed by atoms with E-state index in [0.717, 1.165) is 0 Å². The van der Waals surface area contributed by atoms with Gasteiger partial charge >= 0.3 is 6.18 Å². The normalized spacial score (nSPS) is 22.8. The highest BCUT2D eigenvalue weighted by Gasteiger charge is 2.42. The summed E-state index contributed by atoms with van der Waals surface area (Å²) in [6.07, 6.45) is -1.17. The molecule has 1 aliphatic heterocycles. The second-order valence-corrected chi connectivity index (χ2v) is 4.43. The zero-order chi connectivity index (χ0) is 13.1. The predicted octanol–water partition coefficient (Wildman–Crippen LogP) is 3.14. The van der Waals surface area contributed by atoms with E-state index in [1.807, 2.05) is 6.92 Å². The maximum absolute atomic E-state index is 12.6. The number of hydrogen-bond donors (Lipinski definition) is 0. The van der Waals surface area contributed by atoms with Gasteiger partial charge in [0.2, 0.25) is 5.91 Å². The summed E-state index contributed by atoms with van der Waals surface area (Å²) in [5.41, 5.74) is 0.537. The molecule has 1 atom stereocenters. The van der Waals surface area contributed by atoms with E-state index in [1.54, 1.807) is 13.0 Å². The largest absolute Gasteiger partial charge is 0.393 e. The zero-order valence-electron chi connectivity index (χ0n) is 10.2. The van der Waals surface area contributed by atoms with Crippen molar-refractivity contribution >= 4 is 5.91 Å². The molecule has 1 fully saturated rings. The molecule has 0 aromatic carbocycles. The molecule has 0 aromatic heterocycles. The summed E-state index contributed by atoms with van der Waals surface area (Å²) in [5.74, 6) is -1.63. The Morgan fingerprint density at radius 2 is 2.12 bits per heavy atom. The number of piperidine rings is 1. The van der Waals surface area contributed by atoms with Crippen LogP contribution < -0.4 is 0 Å². The monoisotopic (exact) mass is 249 g/mol. The van der Waals surface area contributed by atoms with Crippen LogP contribution in [0, 0.1) is 5.92 Å². The van der Waals surface area contributed by atoms with Crippen LogP contribution in [0.4, 0.5) is 13.2 Å². The van der Waals surface area contributed by atoms with Crippen molar-refractivity contribution in [3.05, 3.63) is 11.6 Å². The van der Waals surface area contributed by atoms with Gasteiger partial charge in [0, 0.05) is 18.7 Å². The van der Waals surface area contributed by atoms with Crippen molar-refractivity contribution in [2.45, 2.75) is 39.3 Å². The maximum Gasteiger partial charge on any atom is 0.393 e. The van der Waals surface area contributed by atoms with Crippen LogP contribution in [0.5, 0.6) is 0 Å². The Bertz CT molecular complexity index is 309. The highest BCUT2D eigenvalue weighted by atomic mass is 19.4. The number of likely N-dealkylation sites (tertiary alicyclic amines) is 1. The average molecular weight is 249 g/mol. The van der Waals surface area contributed by atoms with Crippen molar-refractivity contribution in [1.82, 2.24) is 4.90 Å². The third-order valence-electron chi connectivity index (χ3n) is 3.02. The molecule has 1 rings (SSSR count). The first-order chi connectivity index (χ1) is 7.86. The summed E-state index contributed by atoms with van der Waals surface area (Å²) in [7, 11) is 0. The smallest absolute Gasteiger partial charge is 0.338 e. The summed E-state index contributed by atoms with van der Waals surface area (Å²) in [6.45, 7) is 3.78. The molecule has 0 saturated carbocycles. The standard InChI is InChI=1S/C12H18F3NO/c1-3-5-9(2)11(17)16-7-4-6-10(8-16)12(13,14)15/h5,10H,3-4,6-8H2,1-2H3. The minimum atomic E-state index is -4.19. The lowest BCUT2D eigenvalue weighted by molar-refractivity contribution is -0.187. The molecule has 0 aromatic rings. The van der Waals surface area contributed by atoms with Crippen LogP contribution in [-0.2, 0) is 4.79 Å².